The first-order chi connectivity index (χ1) is 8.11. The zero-order valence-corrected chi connectivity index (χ0v) is 10.6. The minimum Gasteiger partial charge on any atom is -0.494 e. The highest BCUT2D eigenvalue weighted by Crippen LogP contribution is 2.36. The molecule has 3 heteroatoms. The van der Waals surface area contributed by atoms with Crippen molar-refractivity contribution in [1.29, 1.82) is 0 Å². The number of hydrogen-bond donors (Lipinski definition) is 0. The minimum atomic E-state index is -0.208. The first kappa shape index (κ1) is 12.4. The Morgan fingerprint density at radius 1 is 1.47 bits per heavy atom. The molecule has 1 aliphatic rings. The van der Waals surface area contributed by atoms with Crippen LogP contribution in [0.5, 0.6) is 5.75 Å². The lowest BCUT2D eigenvalue weighted by atomic mass is 9.94. The molecule has 1 aromatic rings. The van der Waals surface area contributed by atoms with Gasteiger partial charge in [-0.25, -0.2) is 4.39 Å². The summed E-state index contributed by atoms with van der Waals surface area (Å²) in [6.07, 6.45) is 1.59. The van der Waals surface area contributed by atoms with Gasteiger partial charge in [-0.15, -0.1) is 0 Å². The van der Waals surface area contributed by atoms with Crippen LogP contribution in [0.15, 0.2) is 18.2 Å². The smallest absolute Gasteiger partial charge is 0.123 e. The average molecular weight is 238 g/mol. The van der Waals surface area contributed by atoms with Crippen LogP contribution in [-0.4, -0.2) is 18.8 Å². The maximum atomic E-state index is 13.3. The normalized spacial score (nSPS) is 24.5. The first-order valence-electron chi connectivity index (χ1n) is 6.19. The molecule has 0 radical (unpaired) electrons. The van der Waals surface area contributed by atoms with Gasteiger partial charge < -0.3 is 9.47 Å². The minimum absolute atomic E-state index is 0.208. The van der Waals surface area contributed by atoms with Crippen molar-refractivity contribution in [3.05, 3.63) is 29.6 Å². The topological polar surface area (TPSA) is 21.8 Å². The van der Waals surface area contributed by atoms with E-state index in [0.717, 1.165) is 17.7 Å². The Balaban J connectivity index is 2.13. The van der Waals surface area contributed by atoms with Crippen LogP contribution in [0.2, 0.25) is 0 Å². The Kier molecular flexibility index (Phi) is 3.67. The van der Waals surface area contributed by atoms with Crippen molar-refractivity contribution in [2.24, 2.45) is 0 Å². The van der Waals surface area contributed by atoms with Crippen molar-refractivity contribution in [3.63, 3.8) is 0 Å². The monoisotopic (exact) mass is 238 g/mol. The zero-order valence-electron chi connectivity index (χ0n) is 10.6. The molecule has 2 nitrogen and oxygen atoms in total. The Morgan fingerprint density at radius 3 is 2.76 bits per heavy atom. The lowest BCUT2D eigenvalue weighted by molar-refractivity contribution is 0.329. The van der Waals surface area contributed by atoms with Crippen LogP contribution in [0.4, 0.5) is 4.39 Å². The largest absolute Gasteiger partial charge is 0.494 e. The lowest BCUT2D eigenvalue weighted by Crippen LogP contribution is -2.04. The fourth-order valence-electron chi connectivity index (χ4n) is 2.14. The molecular weight excluding hydrogens is 219 g/mol. The molecule has 0 aromatic heterocycles. The van der Waals surface area contributed by atoms with Crippen LogP contribution < -0.4 is 4.74 Å². The molecule has 0 spiro atoms. The van der Waals surface area contributed by atoms with E-state index < -0.39 is 0 Å². The van der Waals surface area contributed by atoms with Gasteiger partial charge in [0.25, 0.3) is 0 Å². The average Bonchev–Trinajstić information content (AvgIpc) is 2.97. The summed E-state index contributed by atoms with van der Waals surface area (Å²) in [7, 11) is 0. The van der Waals surface area contributed by atoms with E-state index in [4.69, 9.17) is 9.47 Å². The molecule has 1 heterocycles. The predicted molar refractivity (Wildman–Crippen MR) is 64.9 cm³/mol. The Labute approximate surface area is 102 Å². The van der Waals surface area contributed by atoms with E-state index in [-0.39, 0.29) is 11.7 Å². The van der Waals surface area contributed by atoms with Gasteiger partial charge in [0.15, 0.2) is 0 Å². The second-order valence-electron chi connectivity index (χ2n) is 4.63. The van der Waals surface area contributed by atoms with E-state index in [1.54, 1.807) is 12.1 Å². The summed E-state index contributed by atoms with van der Waals surface area (Å²) in [4.78, 5) is 0. The highest BCUT2D eigenvalue weighted by Gasteiger charge is 2.35. The Morgan fingerprint density at radius 2 is 2.18 bits per heavy atom. The van der Waals surface area contributed by atoms with Gasteiger partial charge >= 0.3 is 0 Å². The van der Waals surface area contributed by atoms with E-state index in [9.17, 15) is 4.39 Å². The van der Waals surface area contributed by atoms with Gasteiger partial charge in [-0.2, -0.15) is 0 Å². The van der Waals surface area contributed by atoms with E-state index in [2.05, 4.69) is 13.8 Å². The second kappa shape index (κ2) is 5.05. The number of ether oxygens (including phenoxy) is 2. The summed E-state index contributed by atoms with van der Waals surface area (Å²) in [6.45, 7) is 6.68. The maximum absolute atomic E-state index is 13.3. The van der Waals surface area contributed by atoms with Gasteiger partial charge in [-0.05, 0) is 49.9 Å². The van der Waals surface area contributed by atoms with Gasteiger partial charge in [-0.1, -0.05) is 6.92 Å². The number of epoxide rings is 1. The molecule has 0 aliphatic carbocycles. The third kappa shape index (κ3) is 2.97. The highest BCUT2D eigenvalue weighted by atomic mass is 19.1. The molecular formula is C14H19FO2. The summed E-state index contributed by atoms with van der Waals surface area (Å²) >= 11 is 0. The highest BCUT2D eigenvalue weighted by molar-refractivity contribution is 5.36. The van der Waals surface area contributed by atoms with Crippen LogP contribution in [0.3, 0.4) is 0 Å². The summed E-state index contributed by atoms with van der Waals surface area (Å²) in [5, 5.41) is 0. The van der Waals surface area contributed by atoms with Crippen molar-refractivity contribution in [2.75, 3.05) is 6.61 Å². The van der Waals surface area contributed by atoms with Crippen molar-refractivity contribution in [2.45, 2.75) is 45.3 Å². The molecule has 0 saturated carbocycles. The van der Waals surface area contributed by atoms with Crippen molar-refractivity contribution >= 4 is 0 Å². The van der Waals surface area contributed by atoms with Gasteiger partial charge in [0, 0.05) is 0 Å². The first-order valence-corrected chi connectivity index (χ1v) is 6.19. The van der Waals surface area contributed by atoms with Crippen LogP contribution in [0.1, 0.15) is 38.7 Å². The van der Waals surface area contributed by atoms with E-state index >= 15 is 0 Å². The molecule has 3 atom stereocenters. The Hall–Kier alpha value is -1.09. The van der Waals surface area contributed by atoms with Gasteiger partial charge in [0.1, 0.15) is 11.6 Å². The summed E-state index contributed by atoms with van der Waals surface area (Å²) in [5.74, 6) is 0.831. The molecule has 1 aliphatic heterocycles. The SMILES string of the molecule is CCOc1ccc(F)cc1C(C)CC1OC1C. The zero-order chi connectivity index (χ0) is 12.4. The summed E-state index contributed by atoms with van der Waals surface area (Å²) < 4.78 is 24.2. The number of rotatable bonds is 5. The number of halogens is 1. The number of benzene rings is 1. The quantitative estimate of drug-likeness (QED) is 0.732. The van der Waals surface area contributed by atoms with Crippen molar-refractivity contribution < 1.29 is 13.9 Å². The third-order valence-electron chi connectivity index (χ3n) is 3.22. The predicted octanol–water partition coefficient (Wildman–Crippen LogP) is 3.51. The molecule has 1 fully saturated rings. The van der Waals surface area contributed by atoms with Crippen LogP contribution in [0, 0.1) is 5.82 Å². The fourth-order valence-corrected chi connectivity index (χ4v) is 2.14. The van der Waals surface area contributed by atoms with Gasteiger partial charge in [-0.3, -0.25) is 0 Å². The molecule has 1 aromatic carbocycles. The molecule has 0 bridgehead atoms. The molecule has 2 rings (SSSR count). The van der Waals surface area contributed by atoms with Crippen molar-refractivity contribution in [3.8, 4) is 5.75 Å². The third-order valence-corrected chi connectivity index (χ3v) is 3.22. The van der Waals surface area contributed by atoms with Crippen LogP contribution in [0.25, 0.3) is 0 Å². The van der Waals surface area contributed by atoms with E-state index in [0.29, 0.717) is 18.8 Å². The maximum Gasteiger partial charge on any atom is 0.123 e. The van der Waals surface area contributed by atoms with E-state index in [1.807, 2.05) is 6.92 Å². The van der Waals surface area contributed by atoms with Crippen LogP contribution >= 0.6 is 0 Å². The molecule has 3 unspecified atom stereocenters. The summed E-state index contributed by atoms with van der Waals surface area (Å²) in [5.41, 5.74) is 0.939. The summed E-state index contributed by atoms with van der Waals surface area (Å²) in [6, 6.07) is 4.72. The van der Waals surface area contributed by atoms with Gasteiger partial charge in [0.2, 0.25) is 0 Å². The molecule has 0 N–H and O–H groups in total. The molecule has 0 amide bonds. The van der Waals surface area contributed by atoms with Crippen molar-refractivity contribution in [1.82, 2.24) is 0 Å². The fraction of sp³-hybridized carbons (Fsp3) is 0.571. The standard InChI is InChI=1S/C14H19FO2/c1-4-16-13-6-5-11(15)8-12(13)9(2)7-14-10(3)17-14/h5-6,8-10,14H,4,7H2,1-3H3. The lowest BCUT2D eigenvalue weighted by Gasteiger charge is -2.15. The second-order valence-corrected chi connectivity index (χ2v) is 4.63. The molecule has 17 heavy (non-hydrogen) atoms. The molecule has 1 saturated heterocycles. The van der Waals surface area contributed by atoms with Gasteiger partial charge in [0.05, 0.1) is 18.8 Å². The van der Waals surface area contributed by atoms with Crippen LogP contribution in [-0.2, 0) is 4.74 Å². The number of hydrogen-bond acceptors (Lipinski definition) is 2. The van der Waals surface area contributed by atoms with E-state index in [1.165, 1.54) is 6.07 Å². The molecule has 94 valence electrons. The Bertz CT molecular complexity index is 392.